The molecule has 4 aromatic rings. The number of fused-ring (bicyclic) bond motifs is 6. The molecule has 0 radical (unpaired) electrons. The maximum absolute atomic E-state index is 13.8. The number of phenols is 2. The van der Waals surface area contributed by atoms with Crippen LogP contribution >= 0.6 is 11.6 Å². The van der Waals surface area contributed by atoms with E-state index in [2.05, 4.69) is 0 Å². The predicted octanol–water partition coefficient (Wildman–Crippen LogP) is 3.28. The molecule has 0 aliphatic heterocycles. The van der Waals surface area contributed by atoms with E-state index in [1.807, 2.05) is 6.92 Å². The Labute approximate surface area is 243 Å². The highest BCUT2D eigenvalue weighted by atomic mass is 35.5. The van der Waals surface area contributed by atoms with Crippen molar-refractivity contribution < 1.29 is 39.4 Å². The zero-order valence-electron chi connectivity index (χ0n) is 23.4. The molecule has 0 bridgehead atoms. The van der Waals surface area contributed by atoms with Crippen molar-refractivity contribution in [1.29, 1.82) is 0 Å². The number of phenolic OH excluding ortho intramolecular Hbond substituents is 2. The highest BCUT2D eigenvalue weighted by Gasteiger charge is 2.40. The van der Waals surface area contributed by atoms with Crippen molar-refractivity contribution in [2.75, 3.05) is 14.2 Å². The summed E-state index contributed by atoms with van der Waals surface area (Å²) in [5.41, 5.74) is -0.367. The van der Waals surface area contributed by atoms with E-state index in [0.717, 1.165) is 6.42 Å². The number of aromatic nitrogens is 1. The number of nitrogens with zero attached hydrogens (tertiary/aromatic N) is 1. The fourth-order valence-corrected chi connectivity index (χ4v) is 7.03. The molecular formula is C30H30ClNO10. The van der Waals surface area contributed by atoms with Gasteiger partial charge in [0.05, 0.1) is 41.7 Å². The highest BCUT2D eigenvalue weighted by Crippen LogP contribution is 2.56. The lowest BCUT2D eigenvalue weighted by molar-refractivity contribution is -0.0373. The van der Waals surface area contributed by atoms with Crippen LogP contribution in [0.3, 0.4) is 0 Å². The normalized spacial score (nSPS) is 19.5. The zero-order chi connectivity index (χ0) is 30.4. The topological polar surface area (TPSA) is 172 Å². The second kappa shape index (κ2) is 9.91. The Hall–Kier alpha value is -3.77. The van der Waals surface area contributed by atoms with Crippen LogP contribution in [0.2, 0.25) is 5.02 Å². The number of halogens is 1. The van der Waals surface area contributed by atoms with Crippen molar-refractivity contribution in [2.24, 2.45) is 7.05 Å². The first-order valence-corrected chi connectivity index (χ1v) is 14.0. The second-order valence-corrected chi connectivity index (χ2v) is 11.2. The molecule has 0 saturated carbocycles. The van der Waals surface area contributed by atoms with Gasteiger partial charge in [0.1, 0.15) is 40.6 Å². The first-order valence-electron chi connectivity index (χ1n) is 13.6. The standard InChI is InChI=1S/C30H30ClNO10/c1-5-6-12-21(31)17-18(30(39)32(12)2)23(36)15-10(26(17)40-3)7-8-11-16(15)24(37)20-25(38)19-22(35)13(33)9-14(34)28(19)42-29(20)27(11)41-4/h13-14,22,33-37H,5-9H2,1-4H3/t13-,14-,22-/m0/s1. The molecule has 0 unspecified atom stereocenters. The van der Waals surface area contributed by atoms with E-state index in [1.54, 1.807) is 7.05 Å². The van der Waals surface area contributed by atoms with Crippen LogP contribution in [-0.2, 0) is 26.3 Å². The molecule has 2 heterocycles. The summed E-state index contributed by atoms with van der Waals surface area (Å²) in [5, 5.41) is 55.0. The van der Waals surface area contributed by atoms with Crippen LogP contribution in [0.4, 0.5) is 0 Å². The van der Waals surface area contributed by atoms with Crippen molar-refractivity contribution in [1.82, 2.24) is 4.57 Å². The first kappa shape index (κ1) is 28.4. The third kappa shape index (κ3) is 3.57. The third-order valence-electron chi connectivity index (χ3n) is 8.55. The van der Waals surface area contributed by atoms with Crippen LogP contribution < -0.4 is 20.5 Å². The Morgan fingerprint density at radius 2 is 1.55 bits per heavy atom. The molecule has 0 fully saturated rings. The number of ether oxygens (including phenoxy) is 2. The molecule has 5 N–H and O–H groups in total. The number of benzene rings is 2. The molecule has 222 valence electrons. The van der Waals surface area contributed by atoms with Gasteiger partial charge in [0.15, 0.2) is 11.3 Å². The maximum Gasteiger partial charge on any atom is 0.262 e. The number of hydrogen-bond donors (Lipinski definition) is 5. The monoisotopic (exact) mass is 599 g/mol. The minimum absolute atomic E-state index is 0.0350. The summed E-state index contributed by atoms with van der Waals surface area (Å²) in [6.45, 7) is 1.96. The Kier molecular flexibility index (Phi) is 6.69. The summed E-state index contributed by atoms with van der Waals surface area (Å²) in [7, 11) is 4.34. The van der Waals surface area contributed by atoms with Crippen molar-refractivity contribution in [2.45, 2.75) is 57.3 Å². The van der Waals surface area contributed by atoms with Crippen molar-refractivity contribution in [3.63, 3.8) is 0 Å². The van der Waals surface area contributed by atoms with E-state index in [0.29, 0.717) is 23.2 Å². The number of aliphatic hydroxyl groups excluding tert-OH is 3. The molecule has 2 aliphatic carbocycles. The summed E-state index contributed by atoms with van der Waals surface area (Å²) in [4.78, 5) is 27.5. The molecule has 2 aliphatic rings. The maximum atomic E-state index is 13.8. The fraction of sp³-hybridized carbons (Fsp3) is 0.400. The summed E-state index contributed by atoms with van der Waals surface area (Å²) in [6, 6.07) is 0. The van der Waals surface area contributed by atoms with E-state index >= 15 is 0 Å². The lowest BCUT2D eigenvalue weighted by atomic mass is 9.80. The van der Waals surface area contributed by atoms with Crippen molar-refractivity contribution in [3.05, 3.63) is 53.7 Å². The minimum Gasteiger partial charge on any atom is -0.506 e. The quantitative estimate of drug-likeness (QED) is 0.234. The van der Waals surface area contributed by atoms with Crippen LogP contribution in [0.5, 0.6) is 23.0 Å². The fourth-order valence-electron chi connectivity index (χ4n) is 6.63. The van der Waals surface area contributed by atoms with E-state index in [4.69, 9.17) is 25.5 Å². The number of methoxy groups -OCH3 is 2. The Bertz CT molecular complexity index is 1940. The van der Waals surface area contributed by atoms with Gasteiger partial charge in [0.2, 0.25) is 5.43 Å². The molecule has 0 spiro atoms. The Balaban J connectivity index is 1.80. The summed E-state index contributed by atoms with van der Waals surface area (Å²) in [5.74, 6) is -0.907. The van der Waals surface area contributed by atoms with Gasteiger partial charge in [-0.3, -0.25) is 9.59 Å². The average molecular weight is 600 g/mol. The molecule has 12 heteroatoms. The predicted molar refractivity (Wildman–Crippen MR) is 154 cm³/mol. The van der Waals surface area contributed by atoms with E-state index < -0.39 is 40.8 Å². The molecule has 11 nitrogen and oxygen atoms in total. The van der Waals surface area contributed by atoms with Crippen LogP contribution in [0.15, 0.2) is 14.0 Å². The highest BCUT2D eigenvalue weighted by molar-refractivity contribution is 6.37. The van der Waals surface area contributed by atoms with Gasteiger partial charge in [0, 0.05) is 41.4 Å². The molecule has 6 rings (SSSR count). The van der Waals surface area contributed by atoms with Crippen molar-refractivity contribution >= 4 is 33.3 Å². The molecular weight excluding hydrogens is 570 g/mol. The SMILES string of the molecule is CCCc1c(Cl)c2c(OC)c3c(c(O)c2c(=O)n1C)-c1c(c(OC)c2oc4c(c(=O)c2c1O)[C@@H](O)[C@@H](O)C[C@@H]4O)CC3. The summed E-state index contributed by atoms with van der Waals surface area (Å²) in [6.07, 6.45) is -2.96. The van der Waals surface area contributed by atoms with Crippen LogP contribution in [0.1, 0.15) is 60.1 Å². The van der Waals surface area contributed by atoms with Gasteiger partial charge < -0.3 is 44.0 Å². The molecule has 42 heavy (non-hydrogen) atoms. The first-order chi connectivity index (χ1) is 20.0. The van der Waals surface area contributed by atoms with Gasteiger partial charge in [-0.25, -0.2) is 0 Å². The lowest BCUT2D eigenvalue weighted by Crippen LogP contribution is -2.33. The third-order valence-corrected chi connectivity index (χ3v) is 8.96. The Morgan fingerprint density at radius 1 is 0.952 bits per heavy atom. The van der Waals surface area contributed by atoms with Gasteiger partial charge in [-0.1, -0.05) is 24.9 Å². The molecule has 2 aromatic carbocycles. The van der Waals surface area contributed by atoms with Crippen LogP contribution in [-0.4, -0.2) is 50.4 Å². The summed E-state index contributed by atoms with van der Waals surface area (Å²) < 4.78 is 18.8. The van der Waals surface area contributed by atoms with Crippen LogP contribution in [0, 0.1) is 0 Å². The number of hydrogen-bond acceptors (Lipinski definition) is 10. The minimum atomic E-state index is -1.67. The van der Waals surface area contributed by atoms with Crippen LogP contribution in [0.25, 0.3) is 32.9 Å². The lowest BCUT2D eigenvalue weighted by Gasteiger charge is -2.30. The molecule has 0 saturated heterocycles. The average Bonchev–Trinajstić information content (AvgIpc) is 2.96. The zero-order valence-corrected chi connectivity index (χ0v) is 24.1. The summed E-state index contributed by atoms with van der Waals surface area (Å²) >= 11 is 6.84. The number of aliphatic hydroxyl groups is 3. The molecule has 2 aromatic heterocycles. The van der Waals surface area contributed by atoms with Gasteiger partial charge in [0.25, 0.3) is 5.56 Å². The number of aromatic hydroxyl groups is 2. The Morgan fingerprint density at radius 3 is 2.14 bits per heavy atom. The van der Waals surface area contributed by atoms with E-state index in [-0.39, 0.29) is 80.0 Å². The van der Waals surface area contributed by atoms with E-state index in [1.165, 1.54) is 18.8 Å². The smallest absolute Gasteiger partial charge is 0.262 e. The van der Waals surface area contributed by atoms with Gasteiger partial charge >= 0.3 is 0 Å². The number of rotatable bonds is 4. The van der Waals surface area contributed by atoms with E-state index in [9.17, 15) is 35.1 Å². The van der Waals surface area contributed by atoms with Gasteiger partial charge in [-0.15, -0.1) is 0 Å². The van der Waals surface area contributed by atoms with Crippen molar-refractivity contribution in [3.8, 4) is 34.1 Å². The van der Waals surface area contributed by atoms with Gasteiger partial charge in [-0.2, -0.15) is 0 Å². The number of pyridine rings is 1. The largest absolute Gasteiger partial charge is 0.506 e. The second-order valence-electron chi connectivity index (χ2n) is 10.8. The molecule has 0 amide bonds. The van der Waals surface area contributed by atoms with Gasteiger partial charge in [-0.05, 0) is 19.3 Å². The molecule has 3 atom stereocenters.